The highest BCUT2D eigenvalue weighted by atomic mass is 16.1. The van der Waals surface area contributed by atoms with Gasteiger partial charge >= 0.3 is 0 Å². The van der Waals surface area contributed by atoms with E-state index in [0.29, 0.717) is 12.2 Å². The third kappa shape index (κ3) is 2.87. The van der Waals surface area contributed by atoms with Crippen LogP contribution >= 0.6 is 0 Å². The Kier molecular flexibility index (Phi) is 3.82. The Morgan fingerprint density at radius 3 is 2.76 bits per heavy atom. The molecule has 1 fully saturated rings. The van der Waals surface area contributed by atoms with Gasteiger partial charge in [-0.25, -0.2) is 0 Å². The van der Waals surface area contributed by atoms with E-state index < -0.39 is 0 Å². The first-order chi connectivity index (χ1) is 8.20. The minimum atomic E-state index is -0.360. The highest BCUT2D eigenvalue weighted by Gasteiger charge is 2.22. The van der Waals surface area contributed by atoms with Crippen LogP contribution in [-0.4, -0.2) is 18.3 Å². The molecule has 0 aromatic heterocycles. The van der Waals surface area contributed by atoms with Gasteiger partial charge in [-0.15, -0.1) is 0 Å². The first-order valence-corrected chi connectivity index (χ1v) is 6.53. The highest BCUT2D eigenvalue weighted by molar-refractivity contribution is 5.99. The molecule has 0 unspecified atom stereocenters. The van der Waals surface area contributed by atoms with Crippen molar-refractivity contribution in [2.45, 2.75) is 45.4 Å². The number of nitrogens with zero attached hydrogens (tertiary/aromatic N) is 1. The van der Waals surface area contributed by atoms with Crippen molar-refractivity contribution < 1.29 is 4.79 Å². The van der Waals surface area contributed by atoms with Crippen molar-refractivity contribution in [1.29, 1.82) is 0 Å². The summed E-state index contributed by atoms with van der Waals surface area (Å²) in [7, 11) is 0. The lowest BCUT2D eigenvalue weighted by Gasteiger charge is -2.21. The predicted octanol–water partition coefficient (Wildman–Crippen LogP) is 1.72. The van der Waals surface area contributed by atoms with Crippen molar-refractivity contribution in [2.24, 2.45) is 16.6 Å². The number of amidine groups is 1. The monoisotopic (exact) mass is 235 g/mol. The summed E-state index contributed by atoms with van der Waals surface area (Å²) in [5, 5.41) is 3.14. The summed E-state index contributed by atoms with van der Waals surface area (Å²) in [6.45, 7) is 2.65. The molecule has 1 amide bonds. The molecule has 0 atom stereocenters. The molecular formula is C13H21N3O. The molecule has 0 spiro atoms. The zero-order valence-corrected chi connectivity index (χ0v) is 10.5. The van der Waals surface area contributed by atoms with Crippen LogP contribution in [0.3, 0.4) is 0 Å². The van der Waals surface area contributed by atoms with E-state index in [0.717, 1.165) is 30.2 Å². The summed E-state index contributed by atoms with van der Waals surface area (Å²) in [4.78, 5) is 15.9. The van der Waals surface area contributed by atoms with Gasteiger partial charge < -0.3 is 11.1 Å². The van der Waals surface area contributed by atoms with Crippen molar-refractivity contribution in [3.63, 3.8) is 0 Å². The van der Waals surface area contributed by atoms with Crippen LogP contribution in [0.2, 0.25) is 0 Å². The third-order valence-corrected chi connectivity index (χ3v) is 3.71. The van der Waals surface area contributed by atoms with E-state index in [1.165, 1.54) is 25.7 Å². The molecule has 1 heterocycles. The Morgan fingerprint density at radius 1 is 1.47 bits per heavy atom. The Morgan fingerprint density at radius 2 is 2.18 bits per heavy atom. The highest BCUT2D eigenvalue weighted by Crippen LogP contribution is 2.28. The van der Waals surface area contributed by atoms with Crippen LogP contribution in [0.15, 0.2) is 16.3 Å². The first kappa shape index (κ1) is 12.1. The number of hydrogen-bond acceptors (Lipinski definition) is 3. The zero-order chi connectivity index (χ0) is 12.3. The maximum absolute atomic E-state index is 11.4. The topological polar surface area (TPSA) is 67.5 Å². The quantitative estimate of drug-likeness (QED) is 0.779. The summed E-state index contributed by atoms with van der Waals surface area (Å²) in [6, 6.07) is 0. The summed E-state index contributed by atoms with van der Waals surface area (Å²) in [6.07, 6.45) is 7.03. The number of carbonyl (C=O) groups excluding carboxylic acids is 1. The average molecular weight is 235 g/mol. The largest absolute Gasteiger partial charge is 0.364 e. The number of rotatable bonds is 4. The number of primary amides is 1. The molecule has 17 heavy (non-hydrogen) atoms. The van der Waals surface area contributed by atoms with Crippen LogP contribution in [0.5, 0.6) is 0 Å². The second-order valence-corrected chi connectivity index (χ2v) is 4.94. The van der Waals surface area contributed by atoms with Crippen molar-refractivity contribution >= 4 is 11.7 Å². The Bertz CT molecular complexity index is 365. The van der Waals surface area contributed by atoms with Crippen LogP contribution in [-0.2, 0) is 4.79 Å². The molecule has 2 aliphatic rings. The average Bonchev–Trinajstić information content (AvgIpc) is 2.81. The molecule has 2 rings (SSSR count). The van der Waals surface area contributed by atoms with Crippen LogP contribution < -0.4 is 11.1 Å². The lowest BCUT2D eigenvalue weighted by atomic mass is 10.0. The van der Waals surface area contributed by atoms with Crippen LogP contribution in [0.1, 0.15) is 45.4 Å². The molecule has 0 aromatic carbocycles. The molecule has 0 bridgehead atoms. The molecular weight excluding hydrogens is 214 g/mol. The van der Waals surface area contributed by atoms with Gasteiger partial charge in [0.2, 0.25) is 0 Å². The number of nitrogens with one attached hydrogen (secondary N) is 1. The van der Waals surface area contributed by atoms with Gasteiger partial charge in [-0.2, -0.15) is 0 Å². The van der Waals surface area contributed by atoms with Gasteiger partial charge in [-0.1, -0.05) is 32.6 Å². The number of carbonyl (C=O) groups is 1. The lowest BCUT2D eigenvalue weighted by molar-refractivity contribution is -0.114. The standard InChI is InChI=1S/C13H21N3O/c1-2-10-8-15-11(16-12(10)13(14)17)7-9-5-3-4-6-9/h9H,2-8H2,1H3,(H2,14,17)(H,15,16). The molecule has 0 aromatic rings. The van der Waals surface area contributed by atoms with E-state index in [4.69, 9.17) is 5.73 Å². The number of hydrogen-bond donors (Lipinski definition) is 2. The fraction of sp³-hybridized carbons (Fsp3) is 0.692. The second-order valence-electron chi connectivity index (χ2n) is 4.94. The predicted molar refractivity (Wildman–Crippen MR) is 68.5 cm³/mol. The van der Waals surface area contributed by atoms with E-state index in [2.05, 4.69) is 10.3 Å². The Labute approximate surface area is 102 Å². The number of nitrogens with two attached hydrogens (primary N) is 1. The molecule has 4 heteroatoms. The molecule has 4 nitrogen and oxygen atoms in total. The molecule has 1 aliphatic heterocycles. The molecule has 1 saturated carbocycles. The summed E-state index contributed by atoms with van der Waals surface area (Å²) in [5.74, 6) is 1.32. The maximum Gasteiger partial charge on any atom is 0.265 e. The third-order valence-electron chi connectivity index (χ3n) is 3.71. The minimum Gasteiger partial charge on any atom is -0.364 e. The fourth-order valence-electron chi connectivity index (χ4n) is 2.67. The molecule has 0 radical (unpaired) electrons. The summed E-state index contributed by atoms with van der Waals surface area (Å²) in [5.41, 5.74) is 6.99. The molecule has 3 N–H and O–H groups in total. The van der Waals surface area contributed by atoms with Crippen molar-refractivity contribution in [2.75, 3.05) is 6.54 Å². The van der Waals surface area contributed by atoms with E-state index >= 15 is 0 Å². The molecule has 0 saturated heterocycles. The van der Waals surface area contributed by atoms with Gasteiger partial charge in [0.25, 0.3) is 5.91 Å². The second kappa shape index (κ2) is 5.34. The van der Waals surface area contributed by atoms with Crippen LogP contribution in [0, 0.1) is 5.92 Å². The van der Waals surface area contributed by atoms with Crippen molar-refractivity contribution in [1.82, 2.24) is 5.32 Å². The minimum absolute atomic E-state index is 0.360. The van der Waals surface area contributed by atoms with Gasteiger partial charge in [0.15, 0.2) is 0 Å². The number of aliphatic imine (C=N–C) groups is 1. The van der Waals surface area contributed by atoms with Gasteiger partial charge in [0.1, 0.15) is 11.5 Å². The molecule has 94 valence electrons. The maximum atomic E-state index is 11.4. The SMILES string of the molecule is CCC1=C(C(N)=O)NC(CC2CCCC2)=NC1. The lowest BCUT2D eigenvalue weighted by Crippen LogP contribution is -2.36. The Hall–Kier alpha value is -1.32. The van der Waals surface area contributed by atoms with Gasteiger partial charge in [0.05, 0.1) is 6.54 Å². The normalized spacial score (nSPS) is 21.4. The summed E-state index contributed by atoms with van der Waals surface area (Å²) >= 11 is 0. The number of amides is 1. The van der Waals surface area contributed by atoms with E-state index in [1.54, 1.807) is 0 Å². The first-order valence-electron chi connectivity index (χ1n) is 6.53. The van der Waals surface area contributed by atoms with E-state index in [9.17, 15) is 4.79 Å². The smallest absolute Gasteiger partial charge is 0.265 e. The summed E-state index contributed by atoms with van der Waals surface area (Å²) < 4.78 is 0. The van der Waals surface area contributed by atoms with E-state index in [-0.39, 0.29) is 5.91 Å². The van der Waals surface area contributed by atoms with Gasteiger partial charge in [-0.3, -0.25) is 9.79 Å². The Balaban J connectivity index is 1.99. The van der Waals surface area contributed by atoms with Crippen LogP contribution in [0.4, 0.5) is 0 Å². The van der Waals surface area contributed by atoms with E-state index in [1.807, 2.05) is 6.92 Å². The van der Waals surface area contributed by atoms with Gasteiger partial charge in [-0.05, 0) is 17.9 Å². The van der Waals surface area contributed by atoms with Crippen molar-refractivity contribution in [3.05, 3.63) is 11.3 Å². The fourth-order valence-corrected chi connectivity index (χ4v) is 2.67. The zero-order valence-electron chi connectivity index (χ0n) is 10.5. The van der Waals surface area contributed by atoms with Crippen molar-refractivity contribution in [3.8, 4) is 0 Å². The van der Waals surface area contributed by atoms with Gasteiger partial charge in [0, 0.05) is 6.42 Å². The molecule has 1 aliphatic carbocycles. The van der Waals surface area contributed by atoms with Crippen LogP contribution in [0.25, 0.3) is 0 Å².